The number of hydrogen-bond acceptors (Lipinski definition) is 5. The van der Waals surface area contributed by atoms with Crippen LogP contribution < -0.4 is 0 Å². The number of carbonyl (C=O) groups is 1. The van der Waals surface area contributed by atoms with Crippen molar-refractivity contribution in [2.75, 3.05) is 6.61 Å². The van der Waals surface area contributed by atoms with Crippen molar-refractivity contribution in [3.63, 3.8) is 0 Å². The predicted molar refractivity (Wildman–Crippen MR) is 63.1 cm³/mol. The number of rotatable bonds is 4. The molecule has 0 atom stereocenters. The highest BCUT2D eigenvalue weighted by atomic mass is 16.6. The van der Waals surface area contributed by atoms with Crippen LogP contribution >= 0.6 is 0 Å². The van der Waals surface area contributed by atoms with Crippen molar-refractivity contribution < 1.29 is 14.5 Å². The molecule has 0 unspecified atom stereocenters. The van der Waals surface area contributed by atoms with Crippen LogP contribution in [0.5, 0.6) is 0 Å². The van der Waals surface area contributed by atoms with E-state index in [4.69, 9.17) is 10.00 Å². The van der Waals surface area contributed by atoms with Crippen LogP contribution in [0.4, 0.5) is 5.69 Å². The van der Waals surface area contributed by atoms with Gasteiger partial charge >= 0.3 is 5.97 Å². The summed E-state index contributed by atoms with van der Waals surface area (Å²) in [6.07, 6.45) is 0.359. The van der Waals surface area contributed by atoms with Gasteiger partial charge in [0, 0.05) is 5.56 Å². The van der Waals surface area contributed by atoms with Crippen molar-refractivity contribution in [2.45, 2.75) is 20.3 Å². The van der Waals surface area contributed by atoms with E-state index >= 15 is 0 Å². The van der Waals surface area contributed by atoms with E-state index in [0.29, 0.717) is 12.0 Å². The Bertz CT molecular complexity index is 532. The summed E-state index contributed by atoms with van der Waals surface area (Å²) in [5, 5.41) is 19.9. The summed E-state index contributed by atoms with van der Waals surface area (Å²) in [4.78, 5) is 22.1. The Kier molecular flexibility index (Phi) is 4.38. The van der Waals surface area contributed by atoms with Crippen LogP contribution in [-0.4, -0.2) is 17.5 Å². The quantitative estimate of drug-likeness (QED) is 0.462. The summed E-state index contributed by atoms with van der Waals surface area (Å²) in [5.74, 6) is -0.781. The van der Waals surface area contributed by atoms with E-state index in [-0.39, 0.29) is 23.4 Å². The Balaban J connectivity index is 3.50. The van der Waals surface area contributed by atoms with Gasteiger partial charge in [-0.2, -0.15) is 5.26 Å². The molecule has 0 heterocycles. The van der Waals surface area contributed by atoms with Crippen molar-refractivity contribution in [3.8, 4) is 6.07 Å². The second-order valence-corrected chi connectivity index (χ2v) is 3.47. The van der Waals surface area contributed by atoms with Crippen LogP contribution in [-0.2, 0) is 11.2 Å². The molecule has 0 spiro atoms. The molecule has 0 saturated heterocycles. The van der Waals surface area contributed by atoms with Gasteiger partial charge in [-0.15, -0.1) is 0 Å². The van der Waals surface area contributed by atoms with Gasteiger partial charge in [-0.25, -0.2) is 4.79 Å². The molecule has 0 aliphatic carbocycles. The van der Waals surface area contributed by atoms with E-state index in [2.05, 4.69) is 0 Å². The Morgan fingerprint density at radius 3 is 2.61 bits per heavy atom. The molecule has 94 valence electrons. The number of esters is 1. The number of aryl methyl sites for hydroxylation is 1. The van der Waals surface area contributed by atoms with Crippen LogP contribution in [0, 0.1) is 21.4 Å². The molecular formula is C12H12N2O4. The lowest BCUT2D eigenvalue weighted by molar-refractivity contribution is -0.385. The lowest BCUT2D eigenvalue weighted by atomic mass is 10.0. The molecule has 0 amide bonds. The molecule has 18 heavy (non-hydrogen) atoms. The number of ether oxygens (including phenoxy) is 1. The maximum atomic E-state index is 11.7. The summed E-state index contributed by atoms with van der Waals surface area (Å²) >= 11 is 0. The molecular weight excluding hydrogens is 236 g/mol. The standard InChI is InChI=1S/C12H12N2O4/c1-3-9-5-8(7-13)6-10(11(9)14(16)17)12(15)18-4-2/h5-6H,3-4H2,1-2H3. The first-order chi connectivity index (χ1) is 8.54. The first kappa shape index (κ1) is 13.6. The van der Waals surface area contributed by atoms with Gasteiger partial charge in [-0.1, -0.05) is 6.92 Å². The van der Waals surface area contributed by atoms with Crippen LogP contribution in [0.15, 0.2) is 12.1 Å². The smallest absolute Gasteiger partial charge is 0.345 e. The van der Waals surface area contributed by atoms with Crippen LogP contribution in [0.1, 0.15) is 35.3 Å². The van der Waals surface area contributed by atoms with Crippen LogP contribution in [0.25, 0.3) is 0 Å². The molecule has 1 aromatic rings. The summed E-state index contributed by atoms with van der Waals surface area (Å²) in [6, 6.07) is 4.48. The molecule has 0 N–H and O–H groups in total. The first-order valence-corrected chi connectivity index (χ1v) is 5.43. The molecule has 0 bridgehead atoms. The number of nitro benzene ring substituents is 1. The first-order valence-electron chi connectivity index (χ1n) is 5.43. The van der Waals surface area contributed by atoms with Crippen molar-refractivity contribution in [2.24, 2.45) is 0 Å². The maximum absolute atomic E-state index is 11.7. The van der Waals surface area contributed by atoms with E-state index in [1.165, 1.54) is 12.1 Å². The summed E-state index contributed by atoms with van der Waals surface area (Å²) in [7, 11) is 0. The third-order valence-electron chi connectivity index (χ3n) is 2.38. The number of carbonyl (C=O) groups excluding carboxylic acids is 1. The monoisotopic (exact) mass is 248 g/mol. The molecule has 0 fully saturated rings. The number of nitro groups is 1. The summed E-state index contributed by atoms with van der Waals surface area (Å²) in [6.45, 7) is 3.45. The largest absolute Gasteiger partial charge is 0.462 e. The molecule has 0 aliphatic rings. The van der Waals surface area contributed by atoms with Gasteiger partial charge in [0.2, 0.25) is 0 Å². The van der Waals surface area contributed by atoms with E-state index in [1.54, 1.807) is 13.8 Å². The number of benzene rings is 1. The SMILES string of the molecule is CCOC(=O)c1cc(C#N)cc(CC)c1[N+](=O)[O-]. The van der Waals surface area contributed by atoms with E-state index in [1.807, 2.05) is 6.07 Å². The zero-order chi connectivity index (χ0) is 13.7. The third-order valence-corrected chi connectivity index (χ3v) is 2.38. The summed E-state index contributed by atoms with van der Waals surface area (Å²) in [5.41, 5.74) is 0.107. The predicted octanol–water partition coefficient (Wildman–Crippen LogP) is 2.21. The number of nitrogens with zero attached hydrogens (tertiary/aromatic N) is 2. The van der Waals surface area contributed by atoms with Gasteiger partial charge in [-0.3, -0.25) is 10.1 Å². The van der Waals surface area contributed by atoms with Crippen molar-refractivity contribution >= 4 is 11.7 Å². The van der Waals surface area contributed by atoms with Crippen molar-refractivity contribution in [3.05, 3.63) is 38.9 Å². The lowest BCUT2D eigenvalue weighted by Gasteiger charge is -2.07. The Labute approximate surface area is 104 Å². The molecule has 1 rings (SSSR count). The Morgan fingerprint density at radius 1 is 1.50 bits per heavy atom. The fraction of sp³-hybridized carbons (Fsp3) is 0.333. The van der Waals surface area contributed by atoms with Gasteiger partial charge < -0.3 is 4.74 Å². The molecule has 0 saturated carbocycles. The van der Waals surface area contributed by atoms with E-state index in [9.17, 15) is 14.9 Å². The zero-order valence-corrected chi connectivity index (χ0v) is 10.1. The van der Waals surface area contributed by atoms with Crippen molar-refractivity contribution in [1.82, 2.24) is 0 Å². The molecule has 1 aromatic carbocycles. The second-order valence-electron chi connectivity index (χ2n) is 3.47. The average molecular weight is 248 g/mol. The maximum Gasteiger partial charge on any atom is 0.345 e. The second kappa shape index (κ2) is 5.77. The van der Waals surface area contributed by atoms with Gasteiger partial charge in [0.15, 0.2) is 0 Å². The summed E-state index contributed by atoms with van der Waals surface area (Å²) < 4.78 is 4.76. The Morgan fingerprint density at radius 2 is 2.17 bits per heavy atom. The molecule has 6 nitrogen and oxygen atoms in total. The highest BCUT2D eigenvalue weighted by Crippen LogP contribution is 2.27. The van der Waals surface area contributed by atoms with Gasteiger partial charge in [0.1, 0.15) is 5.56 Å². The van der Waals surface area contributed by atoms with Crippen LogP contribution in [0.3, 0.4) is 0 Å². The van der Waals surface area contributed by atoms with Crippen molar-refractivity contribution in [1.29, 1.82) is 5.26 Å². The topological polar surface area (TPSA) is 93.2 Å². The number of nitriles is 1. The molecule has 0 radical (unpaired) electrons. The number of hydrogen-bond donors (Lipinski definition) is 0. The van der Waals surface area contributed by atoms with Crippen LogP contribution in [0.2, 0.25) is 0 Å². The molecule has 6 heteroatoms. The fourth-order valence-electron chi connectivity index (χ4n) is 1.61. The minimum atomic E-state index is -0.781. The average Bonchev–Trinajstić information content (AvgIpc) is 2.36. The zero-order valence-electron chi connectivity index (χ0n) is 10.1. The molecule has 0 aliphatic heterocycles. The lowest BCUT2D eigenvalue weighted by Crippen LogP contribution is -2.10. The highest BCUT2D eigenvalue weighted by Gasteiger charge is 2.26. The van der Waals surface area contributed by atoms with Gasteiger partial charge in [-0.05, 0) is 25.5 Å². The van der Waals surface area contributed by atoms with E-state index < -0.39 is 10.9 Å². The Hall–Kier alpha value is -2.42. The fourth-order valence-corrected chi connectivity index (χ4v) is 1.61. The molecule has 0 aromatic heterocycles. The van der Waals surface area contributed by atoms with Gasteiger partial charge in [0.25, 0.3) is 5.69 Å². The van der Waals surface area contributed by atoms with Gasteiger partial charge in [0.05, 0.1) is 23.2 Å². The minimum Gasteiger partial charge on any atom is -0.462 e. The minimum absolute atomic E-state index is 0.119. The van der Waals surface area contributed by atoms with E-state index in [0.717, 1.165) is 0 Å². The third kappa shape index (κ3) is 2.63. The highest BCUT2D eigenvalue weighted by molar-refractivity contribution is 5.95. The normalized spacial score (nSPS) is 9.61.